The molecule has 0 saturated carbocycles. The predicted octanol–water partition coefficient (Wildman–Crippen LogP) is 3.80. The highest BCUT2D eigenvalue weighted by Crippen LogP contribution is 2.21. The third-order valence-corrected chi connectivity index (χ3v) is 5.75. The zero-order valence-corrected chi connectivity index (χ0v) is 18.5. The summed E-state index contributed by atoms with van der Waals surface area (Å²) in [5.41, 5.74) is 4.03. The molecule has 5 heteroatoms. The molecule has 1 heterocycles. The van der Waals surface area contributed by atoms with Crippen LogP contribution >= 0.6 is 0 Å². The highest BCUT2D eigenvalue weighted by molar-refractivity contribution is 5.98. The van der Waals surface area contributed by atoms with Crippen molar-refractivity contribution in [3.05, 3.63) is 65.2 Å². The molecule has 1 aliphatic heterocycles. The van der Waals surface area contributed by atoms with Crippen molar-refractivity contribution in [1.29, 1.82) is 0 Å². The van der Waals surface area contributed by atoms with Gasteiger partial charge >= 0.3 is 0 Å². The number of rotatable bonds is 6. The number of nitrogens with zero attached hydrogens (tertiary/aromatic N) is 2. The van der Waals surface area contributed by atoms with Gasteiger partial charge in [-0.1, -0.05) is 50.2 Å². The Labute approximate surface area is 180 Å². The molecule has 2 aromatic carbocycles. The quantitative estimate of drug-likeness (QED) is 0.793. The van der Waals surface area contributed by atoms with E-state index in [2.05, 4.69) is 49.2 Å². The van der Waals surface area contributed by atoms with Crippen LogP contribution in [0.15, 0.2) is 48.5 Å². The summed E-state index contributed by atoms with van der Waals surface area (Å²) in [5.74, 6) is 0.157. The number of nitrogens with one attached hydrogen (secondary N) is 1. The molecule has 0 spiro atoms. The van der Waals surface area contributed by atoms with Crippen LogP contribution in [0.4, 0.5) is 5.69 Å². The van der Waals surface area contributed by atoms with E-state index in [1.807, 2.05) is 42.2 Å². The molecule has 1 N–H and O–H groups in total. The average Bonchev–Trinajstić information content (AvgIpc) is 2.73. The molecule has 2 aromatic rings. The molecule has 5 nitrogen and oxygen atoms in total. The summed E-state index contributed by atoms with van der Waals surface area (Å²) in [6, 6.07) is 15.3. The molecular formula is C25H33N3O2. The lowest BCUT2D eigenvalue weighted by Gasteiger charge is -2.38. The van der Waals surface area contributed by atoms with Crippen LogP contribution in [0.3, 0.4) is 0 Å². The molecule has 0 bridgehead atoms. The number of benzene rings is 2. The van der Waals surface area contributed by atoms with Gasteiger partial charge < -0.3 is 15.1 Å². The lowest BCUT2D eigenvalue weighted by atomic mass is 10.0. The highest BCUT2D eigenvalue weighted by atomic mass is 16.2. The molecule has 0 aliphatic carbocycles. The first-order chi connectivity index (χ1) is 14.4. The van der Waals surface area contributed by atoms with Crippen LogP contribution in [0.1, 0.15) is 41.8 Å². The summed E-state index contributed by atoms with van der Waals surface area (Å²) in [5, 5.41) is 3.01. The smallest absolute Gasteiger partial charge is 0.252 e. The van der Waals surface area contributed by atoms with Crippen LogP contribution < -0.4 is 10.2 Å². The summed E-state index contributed by atoms with van der Waals surface area (Å²) in [4.78, 5) is 30.4. The summed E-state index contributed by atoms with van der Waals surface area (Å²) in [7, 11) is 0. The van der Waals surface area contributed by atoms with Crippen LogP contribution in [0.5, 0.6) is 0 Å². The predicted molar refractivity (Wildman–Crippen MR) is 122 cm³/mol. The van der Waals surface area contributed by atoms with E-state index in [1.165, 1.54) is 11.3 Å². The topological polar surface area (TPSA) is 52.7 Å². The number of aryl methyl sites for hydroxylation is 2. The van der Waals surface area contributed by atoms with E-state index in [-0.39, 0.29) is 11.8 Å². The second kappa shape index (κ2) is 9.79. The number of amides is 2. The Kier molecular flexibility index (Phi) is 7.14. The van der Waals surface area contributed by atoms with Crippen LogP contribution in [-0.2, 0) is 4.79 Å². The zero-order valence-electron chi connectivity index (χ0n) is 18.5. The van der Waals surface area contributed by atoms with Gasteiger partial charge in [-0.25, -0.2) is 0 Å². The minimum absolute atomic E-state index is 0.0232. The largest absolute Gasteiger partial charge is 0.368 e. The normalized spacial score (nSPS) is 15.2. The Bertz CT molecular complexity index is 885. The van der Waals surface area contributed by atoms with Gasteiger partial charge in [-0.15, -0.1) is 0 Å². The van der Waals surface area contributed by atoms with Crippen LogP contribution in [0.25, 0.3) is 0 Å². The summed E-state index contributed by atoms with van der Waals surface area (Å²) < 4.78 is 0. The first kappa shape index (κ1) is 21.9. The average molecular weight is 408 g/mol. The zero-order chi connectivity index (χ0) is 21.7. The molecule has 30 heavy (non-hydrogen) atoms. The van der Waals surface area contributed by atoms with E-state index in [0.717, 1.165) is 18.7 Å². The fourth-order valence-corrected chi connectivity index (χ4v) is 4.06. The van der Waals surface area contributed by atoms with Crippen LogP contribution in [0.2, 0.25) is 0 Å². The molecule has 0 radical (unpaired) electrons. The van der Waals surface area contributed by atoms with E-state index in [0.29, 0.717) is 31.0 Å². The van der Waals surface area contributed by atoms with Gasteiger partial charge in [0.15, 0.2) is 0 Å². The fraction of sp³-hybridized carbons (Fsp3) is 0.440. The van der Waals surface area contributed by atoms with Crippen molar-refractivity contribution in [3.63, 3.8) is 0 Å². The number of hydrogen-bond acceptors (Lipinski definition) is 3. The van der Waals surface area contributed by atoms with E-state index < -0.39 is 6.04 Å². The maximum absolute atomic E-state index is 13.3. The standard InChI is InChI=1S/C25H33N3O2/c1-18(2)17-22(26-24(29)21-11-7-5-9-19(21)3)25(30)28-15-13-27(14-16-28)23-12-8-6-10-20(23)4/h5-12,18,22H,13-17H2,1-4H3,(H,26,29). The molecule has 1 aliphatic rings. The lowest BCUT2D eigenvalue weighted by Crippen LogP contribution is -2.55. The number of hydrogen-bond donors (Lipinski definition) is 1. The molecule has 2 amide bonds. The second-order valence-electron chi connectivity index (χ2n) is 8.57. The molecule has 3 rings (SSSR count). The number of carbonyl (C=O) groups excluding carboxylic acids is 2. The fourth-order valence-electron chi connectivity index (χ4n) is 4.06. The number of carbonyl (C=O) groups is 2. The van der Waals surface area contributed by atoms with Crippen molar-refractivity contribution in [2.45, 2.75) is 40.2 Å². The summed E-state index contributed by atoms with van der Waals surface area (Å²) in [6.07, 6.45) is 0.633. The number of anilines is 1. The van der Waals surface area contributed by atoms with Gasteiger partial charge in [0.1, 0.15) is 6.04 Å². The minimum atomic E-state index is -0.498. The first-order valence-corrected chi connectivity index (χ1v) is 10.8. The van der Waals surface area contributed by atoms with Gasteiger partial charge in [0.2, 0.25) is 5.91 Å². The van der Waals surface area contributed by atoms with Gasteiger partial charge in [-0.05, 0) is 49.4 Å². The Morgan fingerprint density at radius 1 is 0.900 bits per heavy atom. The molecule has 1 saturated heterocycles. The molecule has 1 atom stereocenters. The van der Waals surface area contributed by atoms with Gasteiger partial charge in [-0.2, -0.15) is 0 Å². The van der Waals surface area contributed by atoms with Crippen molar-refractivity contribution in [3.8, 4) is 0 Å². The van der Waals surface area contributed by atoms with Gasteiger partial charge in [0, 0.05) is 37.4 Å². The Balaban J connectivity index is 1.66. The Morgan fingerprint density at radius 3 is 2.10 bits per heavy atom. The number of para-hydroxylation sites is 1. The lowest BCUT2D eigenvalue weighted by molar-refractivity contribution is -0.134. The summed E-state index contributed by atoms with van der Waals surface area (Å²) >= 11 is 0. The van der Waals surface area contributed by atoms with E-state index >= 15 is 0 Å². The van der Waals surface area contributed by atoms with Crippen molar-refractivity contribution < 1.29 is 9.59 Å². The van der Waals surface area contributed by atoms with Crippen molar-refractivity contribution in [1.82, 2.24) is 10.2 Å². The SMILES string of the molecule is Cc1ccccc1C(=O)NC(CC(C)C)C(=O)N1CCN(c2ccccc2C)CC1. The molecule has 1 fully saturated rings. The van der Waals surface area contributed by atoms with E-state index in [4.69, 9.17) is 0 Å². The summed E-state index contributed by atoms with van der Waals surface area (Å²) in [6.45, 7) is 11.1. The number of piperazine rings is 1. The van der Waals surface area contributed by atoms with Crippen molar-refractivity contribution in [2.24, 2.45) is 5.92 Å². The van der Waals surface area contributed by atoms with Gasteiger partial charge in [-0.3, -0.25) is 9.59 Å². The van der Waals surface area contributed by atoms with E-state index in [1.54, 1.807) is 0 Å². The monoisotopic (exact) mass is 407 g/mol. The molecule has 1 unspecified atom stereocenters. The van der Waals surface area contributed by atoms with Crippen molar-refractivity contribution >= 4 is 17.5 Å². The minimum Gasteiger partial charge on any atom is -0.368 e. The van der Waals surface area contributed by atoms with Gasteiger partial charge in [0.25, 0.3) is 5.91 Å². The molecule has 0 aromatic heterocycles. The second-order valence-corrected chi connectivity index (χ2v) is 8.57. The molecular weight excluding hydrogens is 374 g/mol. The molecule has 160 valence electrons. The van der Waals surface area contributed by atoms with Gasteiger partial charge in [0.05, 0.1) is 0 Å². The Hall–Kier alpha value is -2.82. The maximum atomic E-state index is 13.3. The van der Waals surface area contributed by atoms with E-state index in [9.17, 15) is 9.59 Å². The maximum Gasteiger partial charge on any atom is 0.252 e. The Morgan fingerprint density at radius 2 is 1.50 bits per heavy atom. The van der Waals surface area contributed by atoms with Crippen LogP contribution in [0, 0.1) is 19.8 Å². The third-order valence-electron chi connectivity index (χ3n) is 5.75. The highest BCUT2D eigenvalue weighted by Gasteiger charge is 2.30. The third kappa shape index (κ3) is 5.21. The van der Waals surface area contributed by atoms with Crippen LogP contribution in [-0.4, -0.2) is 48.9 Å². The van der Waals surface area contributed by atoms with Crippen molar-refractivity contribution in [2.75, 3.05) is 31.1 Å². The first-order valence-electron chi connectivity index (χ1n) is 10.8.